The Balaban J connectivity index is 2.16. The van der Waals surface area contributed by atoms with Gasteiger partial charge in [0.15, 0.2) is 0 Å². The first-order chi connectivity index (χ1) is 9.08. The van der Waals surface area contributed by atoms with Crippen LogP contribution in [-0.2, 0) is 0 Å². The fraction of sp³-hybridized carbons (Fsp3) is 0.267. The monoisotopic (exact) mass is 337 g/mol. The second kappa shape index (κ2) is 6.35. The van der Waals surface area contributed by atoms with Gasteiger partial charge in [-0.15, -0.1) is 11.3 Å². The van der Waals surface area contributed by atoms with Crippen molar-refractivity contribution in [3.63, 3.8) is 0 Å². The molecule has 0 saturated carbocycles. The van der Waals surface area contributed by atoms with E-state index < -0.39 is 0 Å². The lowest BCUT2D eigenvalue weighted by atomic mass is 10.0. The molecule has 0 aliphatic rings. The Hall–Kier alpha value is -1.13. The third-order valence-electron chi connectivity index (χ3n) is 2.89. The van der Waals surface area contributed by atoms with Crippen molar-refractivity contribution in [2.45, 2.75) is 19.9 Å². The maximum Gasteiger partial charge on any atom is 0.251 e. The van der Waals surface area contributed by atoms with E-state index in [1.54, 1.807) is 11.3 Å². The SMILES string of the molecule is CC(C)[C@H](NC(=O)c1cccc(Br)c1)c1cccs1. The van der Waals surface area contributed by atoms with Gasteiger partial charge in [0.2, 0.25) is 0 Å². The van der Waals surface area contributed by atoms with E-state index in [9.17, 15) is 4.79 Å². The molecule has 0 fully saturated rings. The minimum absolute atomic E-state index is 0.0339. The third-order valence-corrected chi connectivity index (χ3v) is 4.34. The number of carbonyl (C=O) groups is 1. The molecule has 1 heterocycles. The number of amides is 1. The summed E-state index contributed by atoms with van der Waals surface area (Å²) in [5, 5.41) is 5.15. The summed E-state index contributed by atoms with van der Waals surface area (Å²) in [4.78, 5) is 13.5. The van der Waals surface area contributed by atoms with Crippen LogP contribution in [0, 0.1) is 5.92 Å². The zero-order valence-electron chi connectivity index (χ0n) is 10.9. The smallest absolute Gasteiger partial charge is 0.251 e. The lowest BCUT2D eigenvalue weighted by Crippen LogP contribution is -2.31. The van der Waals surface area contributed by atoms with Gasteiger partial charge in [0.1, 0.15) is 0 Å². The minimum atomic E-state index is -0.0339. The predicted molar refractivity (Wildman–Crippen MR) is 83.5 cm³/mol. The summed E-state index contributed by atoms with van der Waals surface area (Å²) < 4.78 is 0.914. The zero-order chi connectivity index (χ0) is 13.8. The van der Waals surface area contributed by atoms with Crippen LogP contribution in [0.5, 0.6) is 0 Å². The largest absolute Gasteiger partial charge is 0.344 e. The molecule has 0 spiro atoms. The molecule has 0 radical (unpaired) electrons. The molecule has 0 aliphatic heterocycles. The first-order valence-corrected chi connectivity index (χ1v) is 7.85. The van der Waals surface area contributed by atoms with Gasteiger partial charge >= 0.3 is 0 Å². The maximum absolute atomic E-state index is 12.3. The number of hydrogen-bond donors (Lipinski definition) is 1. The van der Waals surface area contributed by atoms with Crippen LogP contribution < -0.4 is 5.32 Å². The molecule has 2 nitrogen and oxygen atoms in total. The Bertz CT molecular complexity index is 551. The highest BCUT2D eigenvalue weighted by atomic mass is 79.9. The first kappa shape index (κ1) is 14.3. The molecule has 2 rings (SSSR count). The van der Waals surface area contributed by atoms with Gasteiger partial charge in [-0.25, -0.2) is 0 Å². The van der Waals surface area contributed by atoms with Gasteiger partial charge in [0.05, 0.1) is 6.04 Å². The fourth-order valence-corrected chi connectivity index (χ4v) is 3.24. The van der Waals surface area contributed by atoms with Crippen molar-refractivity contribution in [1.82, 2.24) is 5.32 Å². The summed E-state index contributed by atoms with van der Waals surface area (Å²) >= 11 is 5.06. The Kier molecular flexibility index (Phi) is 4.77. The molecule has 1 atom stereocenters. The number of rotatable bonds is 4. The quantitative estimate of drug-likeness (QED) is 0.865. The van der Waals surface area contributed by atoms with E-state index in [0.29, 0.717) is 11.5 Å². The summed E-state index contributed by atoms with van der Waals surface area (Å²) in [6.07, 6.45) is 0. The molecule has 0 saturated heterocycles. The van der Waals surface area contributed by atoms with Crippen molar-refractivity contribution in [1.29, 1.82) is 0 Å². The van der Waals surface area contributed by atoms with Crippen LogP contribution in [0.1, 0.15) is 35.1 Å². The number of hydrogen-bond acceptors (Lipinski definition) is 2. The van der Waals surface area contributed by atoms with Crippen LogP contribution >= 0.6 is 27.3 Å². The topological polar surface area (TPSA) is 29.1 Å². The van der Waals surface area contributed by atoms with Crippen LogP contribution in [0.15, 0.2) is 46.3 Å². The van der Waals surface area contributed by atoms with Crippen LogP contribution in [0.2, 0.25) is 0 Å². The average Bonchev–Trinajstić information content (AvgIpc) is 2.88. The molecule has 1 N–H and O–H groups in total. The van der Waals surface area contributed by atoms with E-state index in [2.05, 4.69) is 41.2 Å². The lowest BCUT2D eigenvalue weighted by molar-refractivity contribution is 0.0926. The first-order valence-electron chi connectivity index (χ1n) is 6.18. The van der Waals surface area contributed by atoms with Gasteiger partial charge in [-0.2, -0.15) is 0 Å². The van der Waals surface area contributed by atoms with E-state index in [4.69, 9.17) is 0 Å². The lowest BCUT2D eigenvalue weighted by Gasteiger charge is -2.21. The number of halogens is 1. The molecule has 100 valence electrons. The zero-order valence-corrected chi connectivity index (χ0v) is 13.3. The Morgan fingerprint density at radius 3 is 2.63 bits per heavy atom. The van der Waals surface area contributed by atoms with E-state index in [0.717, 1.165) is 4.47 Å². The van der Waals surface area contributed by atoms with Crippen LogP contribution in [0.3, 0.4) is 0 Å². The highest BCUT2D eigenvalue weighted by Gasteiger charge is 2.19. The van der Waals surface area contributed by atoms with Gasteiger partial charge in [0.25, 0.3) is 5.91 Å². The van der Waals surface area contributed by atoms with Crippen molar-refractivity contribution in [3.05, 3.63) is 56.7 Å². The van der Waals surface area contributed by atoms with Gasteiger partial charge in [0, 0.05) is 14.9 Å². The Morgan fingerprint density at radius 1 is 1.26 bits per heavy atom. The summed E-state index contributed by atoms with van der Waals surface area (Å²) in [6.45, 7) is 4.23. The fourth-order valence-electron chi connectivity index (χ4n) is 1.89. The summed E-state index contributed by atoms with van der Waals surface area (Å²) in [5.74, 6) is 0.322. The normalized spacial score (nSPS) is 12.4. The van der Waals surface area contributed by atoms with Gasteiger partial charge in [-0.3, -0.25) is 4.79 Å². The van der Waals surface area contributed by atoms with E-state index in [-0.39, 0.29) is 11.9 Å². The maximum atomic E-state index is 12.3. The molecule has 2 aromatic rings. The third kappa shape index (κ3) is 3.67. The van der Waals surface area contributed by atoms with Gasteiger partial charge in [-0.1, -0.05) is 41.9 Å². The summed E-state index contributed by atoms with van der Waals surface area (Å²) in [6, 6.07) is 11.6. The second-order valence-corrected chi connectivity index (χ2v) is 6.62. The Labute approximate surface area is 126 Å². The van der Waals surface area contributed by atoms with Crippen molar-refractivity contribution < 1.29 is 4.79 Å². The van der Waals surface area contributed by atoms with Crippen molar-refractivity contribution in [2.24, 2.45) is 5.92 Å². The highest BCUT2D eigenvalue weighted by molar-refractivity contribution is 9.10. The summed E-state index contributed by atoms with van der Waals surface area (Å²) in [7, 11) is 0. The van der Waals surface area contributed by atoms with Crippen LogP contribution in [0.4, 0.5) is 0 Å². The van der Waals surface area contributed by atoms with E-state index in [1.165, 1.54) is 4.88 Å². The van der Waals surface area contributed by atoms with E-state index in [1.807, 2.05) is 35.7 Å². The molecule has 1 aromatic heterocycles. The number of carbonyl (C=O) groups excluding carboxylic acids is 1. The van der Waals surface area contributed by atoms with Crippen molar-refractivity contribution in [3.8, 4) is 0 Å². The molecule has 0 bridgehead atoms. The van der Waals surface area contributed by atoms with E-state index >= 15 is 0 Å². The molecule has 1 amide bonds. The molecule has 1 aromatic carbocycles. The molecule has 19 heavy (non-hydrogen) atoms. The van der Waals surface area contributed by atoms with Crippen LogP contribution in [0.25, 0.3) is 0 Å². The predicted octanol–water partition coefficient (Wildman–Crippen LogP) is 4.64. The van der Waals surface area contributed by atoms with Crippen molar-refractivity contribution >= 4 is 33.2 Å². The van der Waals surface area contributed by atoms with Gasteiger partial charge in [-0.05, 0) is 35.6 Å². The molecule has 0 aliphatic carbocycles. The molecular weight excluding hydrogens is 322 g/mol. The molecule has 0 unspecified atom stereocenters. The van der Waals surface area contributed by atoms with Gasteiger partial charge < -0.3 is 5.32 Å². The molecular formula is C15H16BrNOS. The molecule has 4 heteroatoms. The highest BCUT2D eigenvalue weighted by Crippen LogP contribution is 2.26. The number of benzene rings is 1. The number of nitrogens with one attached hydrogen (secondary N) is 1. The van der Waals surface area contributed by atoms with Crippen molar-refractivity contribution in [2.75, 3.05) is 0 Å². The minimum Gasteiger partial charge on any atom is -0.344 e. The second-order valence-electron chi connectivity index (χ2n) is 4.72. The number of thiophene rings is 1. The Morgan fingerprint density at radius 2 is 2.05 bits per heavy atom. The average molecular weight is 338 g/mol. The summed E-state index contributed by atoms with van der Waals surface area (Å²) in [5.41, 5.74) is 0.677. The van der Waals surface area contributed by atoms with Crippen LogP contribution in [-0.4, -0.2) is 5.91 Å². The standard InChI is InChI=1S/C15H16BrNOS/c1-10(2)14(13-7-4-8-19-13)17-15(18)11-5-3-6-12(16)9-11/h3-10,14H,1-2H3,(H,17,18)/t14-/m0/s1.